The summed E-state index contributed by atoms with van der Waals surface area (Å²) < 4.78 is 19.9. The Morgan fingerprint density at radius 1 is 1.00 bits per heavy atom. The van der Waals surface area contributed by atoms with Gasteiger partial charge in [-0.2, -0.15) is 5.10 Å². The second kappa shape index (κ2) is 9.72. The molecule has 1 fully saturated rings. The summed E-state index contributed by atoms with van der Waals surface area (Å²) >= 11 is 0. The van der Waals surface area contributed by atoms with Crippen LogP contribution < -0.4 is 10.3 Å². The monoisotopic (exact) mass is 433 g/mol. The number of halogens is 1. The molecule has 164 valence electrons. The summed E-state index contributed by atoms with van der Waals surface area (Å²) in [5.41, 5.74) is 2.30. The SMILES string of the molecule is O=C(NN=Cc1ccc(N2CCOCC2)c(F)c1)C(O)(c1ccccc1)c1ccccc1. The maximum Gasteiger partial charge on any atom is 0.281 e. The summed E-state index contributed by atoms with van der Waals surface area (Å²) in [5.74, 6) is -1.08. The van der Waals surface area contributed by atoms with Gasteiger partial charge in [-0.1, -0.05) is 66.7 Å². The molecule has 1 aliphatic heterocycles. The van der Waals surface area contributed by atoms with Gasteiger partial charge in [0.15, 0.2) is 5.60 Å². The van der Waals surface area contributed by atoms with Gasteiger partial charge in [-0.25, -0.2) is 9.82 Å². The van der Waals surface area contributed by atoms with Crippen LogP contribution in [0.2, 0.25) is 0 Å². The highest BCUT2D eigenvalue weighted by molar-refractivity contribution is 5.91. The Hall–Kier alpha value is -3.55. The molecule has 3 aromatic rings. The minimum atomic E-state index is -1.93. The highest BCUT2D eigenvalue weighted by Gasteiger charge is 2.39. The van der Waals surface area contributed by atoms with E-state index in [4.69, 9.17) is 4.74 Å². The first kappa shape index (κ1) is 21.7. The number of anilines is 1. The predicted molar refractivity (Wildman–Crippen MR) is 121 cm³/mol. The number of aliphatic hydroxyl groups is 1. The van der Waals surface area contributed by atoms with Crippen LogP contribution in [-0.4, -0.2) is 43.5 Å². The van der Waals surface area contributed by atoms with Crippen LogP contribution in [0, 0.1) is 5.82 Å². The summed E-state index contributed by atoms with van der Waals surface area (Å²) in [6.45, 7) is 2.41. The van der Waals surface area contributed by atoms with Crippen molar-refractivity contribution in [2.45, 2.75) is 5.60 Å². The predicted octanol–water partition coefficient (Wildman–Crippen LogP) is 3.05. The number of carbonyl (C=O) groups excluding carboxylic acids is 1. The molecule has 2 N–H and O–H groups in total. The molecule has 3 aromatic carbocycles. The van der Waals surface area contributed by atoms with E-state index in [0.29, 0.717) is 48.7 Å². The Morgan fingerprint density at radius 2 is 1.59 bits per heavy atom. The van der Waals surface area contributed by atoms with E-state index in [-0.39, 0.29) is 5.82 Å². The molecular formula is C25H24FN3O3. The molecule has 7 heteroatoms. The zero-order valence-electron chi connectivity index (χ0n) is 17.4. The van der Waals surface area contributed by atoms with Crippen molar-refractivity contribution >= 4 is 17.8 Å². The molecule has 1 saturated heterocycles. The standard InChI is InChI=1S/C25H24FN3O3/c26-22-17-19(11-12-23(22)29-13-15-32-16-14-29)18-27-28-24(30)25(31,20-7-3-1-4-8-20)21-9-5-2-6-10-21/h1-12,17-18,31H,13-16H2,(H,28,30). The lowest BCUT2D eigenvalue weighted by atomic mass is 9.85. The number of hydrogen-bond donors (Lipinski definition) is 2. The van der Waals surface area contributed by atoms with Gasteiger partial charge in [0.05, 0.1) is 25.1 Å². The highest BCUT2D eigenvalue weighted by atomic mass is 19.1. The van der Waals surface area contributed by atoms with Gasteiger partial charge < -0.3 is 14.7 Å². The third-order valence-electron chi connectivity index (χ3n) is 5.41. The molecule has 1 aliphatic rings. The number of nitrogens with zero attached hydrogens (tertiary/aromatic N) is 2. The van der Waals surface area contributed by atoms with Crippen molar-refractivity contribution in [2.75, 3.05) is 31.2 Å². The summed E-state index contributed by atoms with van der Waals surface area (Å²) in [6.07, 6.45) is 1.35. The summed E-state index contributed by atoms with van der Waals surface area (Å²) in [4.78, 5) is 14.9. The van der Waals surface area contributed by atoms with Crippen molar-refractivity contribution in [3.63, 3.8) is 0 Å². The smallest absolute Gasteiger partial charge is 0.281 e. The highest BCUT2D eigenvalue weighted by Crippen LogP contribution is 2.30. The fourth-order valence-corrected chi connectivity index (χ4v) is 3.70. The number of carbonyl (C=O) groups is 1. The van der Waals surface area contributed by atoms with E-state index in [1.54, 1.807) is 72.8 Å². The molecule has 0 atom stereocenters. The van der Waals surface area contributed by atoms with E-state index in [1.165, 1.54) is 12.3 Å². The van der Waals surface area contributed by atoms with Crippen LogP contribution in [-0.2, 0) is 15.1 Å². The Kier molecular flexibility index (Phi) is 6.58. The summed E-state index contributed by atoms with van der Waals surface area (Å²) in [6, 6.07) is 22.1. The Balaban J connectivity index is 1.52. The number of rotatable bonds is 6. The van der Waals surface area contributed by atoms with Gasteiger partial charge in [0.25, 0.3) is 5.91 Å². The Labute approximate surface area is 186 Å². The maximum atomic E-state index is 14.6. The molecule has 0 aliphatic carbocycles. The fourth-order valence-electron chi connectivity index (χ4n) is 3.70. The minimum absolute atomic E-state index is 0.368. The van der Waals surface area contributed by atoms with Crippen LogP contribution in [0.1, 0.15) is 16.7 Å². The molecule has 0 unspecified atom stereocenters. The second-order valence-electron chi connectivity index (χ2n) is 7.45. The lowest BCUT2D eigenvalue weighted by molar-refractivity contribution is -0.136. The van der Waals surface area contributed by atoms with Gasteiger partial charge in [-0.05, 0) is 28.8 Å². The number of ether oxygens (including phenoxy) is 1. The lowest BCUT2D eigenvalue weighted by Gasteiger charge is -2.29. The number of amides is 1. The molecule has 0 saturated carbocycles. The van der Waals surface area contributed by atoms with Crippen molar-refractivity contribution in [2.24, 2.45) is 5.10 Å². The largest absolute Gasteiger partial charge is 0.378 e. The molecule has 4 rings (SSSR count). The van der Waals surface area contributed by atoms with E-state index in [1.807, 2.05) is 4.90 Å². The molecule has 6 nitrogen and oxygen atoms in total. The van der Waals surface area contributed by atoms with Gasteiger partial charge in [0, 0.05) is 13.1 Å². The van der Waals surface area contributed by atoms with Crippen molar-refractivity contribution in [3.05, 3.63) is 101 Å². The molecule has 32 heavy (non-hydrogen) atoms. The average Bonchev–Trinajstić information content (AvgIpc) is 2.85. The third kappa shape index (κ3) is 4.54. The normalized spacial score (nSPS) is 14.5. The maximum absolute atomic E-state index is 14.6. The van der Waals surface area contributed by atoms with Crippen molar-refractivity contribution < 1.29 is 19.0 Å². The van der Waals surface area contributed by atoms with Crippen LogP contribution in [0.3, 0.4) is 0 Å². The van der Waals surface area contributed by atoms with E-state index in [9.17, 15) is 14.3 Å². The van der Waals surface area contributed by atoms with Gasteiger partial charge in [-0.3, -0.25) is 4.79 Å². The third-order valence-corrected chi connectivity index (χ3v) is 5.41. The second-order valence-corrected chi connectivity index (χ2v) is 7.45. The molecule has 0 aromatic heterocycles. The van der Waals surface area contributed by atoms with E-state index < -0.39 is 11.5 Å². The molecule has 0 bridgehead atoms. The van der Waals surface area contributed by atoms with Crippen LogP contribution >= 0.6 is 0 Å². The van der Waals surface area contributed by atoms with Crippen LogP contribution in [0.15, 0.2) is 84.0 Å². The van der Waals surface area contributed by atoms with Crippen LogP contribution in [0.5, 0.6) is 0 Å². The Morgan fingerprint density at radius 3 is 2.16 bits per heavy atom. The van der Waals surface area contributed by atoms with E-state index in [0.717, 1.165) is 0 Å². The van der Waals surface area contributed by atoms with Gasteiger partial charge in [0.2, 0.25) is 0 Å². The number of nitrogens with one attached hydrogen (secondary N) is 1. The molecule has 1 amide bonds. The van der Waals surface area contributed by atoms with Gasteiger partial charge in [0.1, 0.15) is 5.82 Å². The van der Waals surface area contributed by atoms with E-state index >= 15 is 0 Å². The fraction of sp³-hybridized carbons (Fsp3) is 0.200. The summed E-state index contributed by atoms with van der Waals surface area (Å²) in [7, 11) is 0. The first-order valence-electron chi connectivity index (χ1n) is 10.4. The van der Waals surface area contributed by atoms with Crippen LogP contribution in [0.25, 0.3) is 0 Å². The number of hydrogen-bond acceptors (Lipinski definition) is 5. The first-order chi connectivity index (χ1) is 15.6. The van der Waals surface area contributed by atoms with Gasteiger partial charge >= 0.3 is 0 Å². The average molecular weight is 433 g/mol. The van der Waals surface area contributed by atoms with E-state index in [2.05, 4.69) is 10.5 Å². The van der Waals surface area contributed by atoms with Crippen molar-refractivity contribution in [1.29, 1.82) is 0 Å². The quantitative estimate of drug-likeness (QED) is 0.463. The molecular weight excluding hydrogens is 409 g/mol. The number of morpholine rings is 1. The minimum Gasteiger partial charge on any atom is -0.378 e. The zero-order chi connectivity index (χ0) is 22.4. The summed E-state index contributed by atoms with van der Waals surface area (Å²) in [5, 5.41) is 15.3. The van der Waals surface area contributed by atoms with Crippen molar-refractivity contribution in [1.82, 2.24) is 5.43 Å². The van der Waals surface area contributed by atoms with Gasteiger partial charge in [-0.15, -0.1) is 0 Å². The topological polar surface area (TPSA) is 74.2 Å². The number of benzene rings is 3. The molecule has 0 spiro atoms. The number of hydrazone groups is 1. The Bertz CT molecular complexity index is 1040. The lowest BCUT2D eigenvalue weighted by Crippen LogP contribution is -2.43. The first-order valence-corrected chi connectivity index (χ1v) is 10.4. The molecule has 0 radical (unpaired) electrons. The van der Waals surface area contributed by atoms with Crippen molar-refractivity contribution in [3.8, 4) is 0 Å². The van der Waals surface area contributed by atoms with Crippen LogP contribution in [0.4, 0.5) is 10.1 Å². The molecule has 1 heterocycles. The zero-order valence-corrected chi connectivity index (χ0v) is 17.4.